The summed E-state index contributed by atoms with van der Waals surface area (Å²) in [5.74, 6) is -1.82. The zero-order valence-corrected chi connectivity index (χ0v) is 10.0. The highest BCUT2D eigenvalue weighted by Crippen LogP contribution is 2.13. The first-order chi connectivity index (χ1) is 7.73. The quantitative estimate of drug-likeness (QED) is 0.779. The number of nitrogens with one attached hydrogen (secondary N) is 1. The number of halogens is 3. The van der Waals surface area contributed by atoms with E-state index in [0.717, 1.165) is 5.92 Å². The third-order valence-corrected chi connectivity index (χ3v) is 2.32. The Morgan fingerprint density at radius 1 is 1.35 bits per heavy atom. The maximum Gasteiger partial charge on any atom is 0.490 e. The first kappa shape index (κ1) is 16.2. The van der Waals surface area contributed by atoms with Crippen LogP contribution in [-0.2, 0) is 4.79 Å². The van der Waals surface area contributed by atoms with Gasteiger partial charge < -0.3 is 15.3 Å². The van der Waals surface area contributed by atoms with E-state index >= 15 is 0 Å². The van der Waals surface area contributed by atoms with Crippen molar-refractivity contribution in [3.8, 4) is 0 Å². The predicted octanol–water partition coefficient (Wildman–Crippen LogP) is 1.18. The molecule has 0 amide bonds. The monoisotopic (exact) mass is 256 g/mol. The summed E-state index contributed by atoms with van der Waals surface area (Å²) in [4.78, 5) is 11.2. The molecule has 0 aromatic heterocycles. The fraction of sp³-hybridized carbons (Fsp3) is 0.900. The second-order valence-electron chi connectivity index (χ2n) is 4.26. The van der Waals surface area contributed by atoms with Gasteiger partial charge in [0.05, 0.1) is 0 Å². The Bertz CT molecular complexity index is 226. The Kier molecular flexibility index (Phi) is 7.13. The predicted molar refractivity (Wildman–Crippen MR) is 57.8 cm³/mol. The number of hydrogen-bond acceptors (Lipinski definition) is 3. The minimum absolute atomic E-state index is 0.941. The average Bonchev–Trinajstić information content (AvgIpc) is 2.17. The number of carboxylic acid groups (broad SMARTS) is 1. The molecule has 1 aliphatic heterocycles. The highest BCUT2D eigenvalue weighted by Gasteiger charge is 2.38. The molecule has 0 atom stereocenters. The van der Waals surface area contributed by atoms with Crippen LogP contribution in [0, 0.1) is 5.92 Å². The zero-order chi connectivity index (χ0) is 13.5. The van der Waals surface area contributed by atoms with Crippen molar-refractivity contribution in [1.29, 1.82) is 0 Å². The maximum atomic E-state index is 10.6. The van der Waals surface area contributed by atoms with E-state index in [1.165, 1.54) is 32.5 Å². The first-order valence-electron chi connectivity index (χ1n) is 5.39. The molecular formula is C10H19F3N2O2. The summed E-state index contributed by atoms with van der Waals surface area (Å²) >= 11 is 0. The summed E-state index contributed by atoms with van der Waals surface area (Å²) in [6.07, 6.45) is -2.36. The minimum Gasteiger partial charge on any atom is -0.475 e. The molecule has 1 aliphatic rings. The lowest BCUT2D eigenvalue weighted by atomic mass is 9.98. The molecular weight excluding hydrogens is 237 g/mol. The van der Waals surface area contributed by atoms with Crippen LogP contribution in [0.3, 0.4) is 0 Å². The Morgan fingerprint density at radius 2 is 1.76 bits per heavy atom. The molecule has 7 heteroatoms. The van der Waals surface area contributed by atoms with Crippen LogP contribution in [0.1, 0.15) is 12.8 Å². The molecule has 0 aromatic rings. The number of alkyl halides is 3. The SMILES string of the molecule is CN(C)CC1CCNCC1.O=C(O)C(F)(F)F. The van der Waals surface area contributed by atoms with Gasteiger partial charge in [0.1, 0.15) is 0 Å². The summed E-state index contributed by atoms with van der Waals surface area (Å²) in [5.41, 5.74) is 0. The Morgan fingerprint density at radius 3 is 2.06 bits per heavy atom. The third-order valence-electron chi connectivity index (χ3n) is 2.32. The second kappa shape index (κ2) is 7.50. The van der Waals surface area contributed by atoms with E-state index in [1.807, 2.05) is 0 Å². The number of rotatable bonds is 2. The van der Waals surface area contributed by atoms with Gasteiger partial charge in [-0.15, -0.1) is 0 Å². The molecule has 1 fully saturated rings. The van der Waals surface area contributed by atoms with Crippen LogP contribution in [-0.4, -0.2) is 55.9 Å². The number of aliphatic carboxylic acids is 1. The number of carboxylic acids is 1. The van der Waals surface area contributed by atoms with Crippen molar-refractivity contribution >= 4 is 5.97 Å². The smallest absolute Gasteiger partial charge is 0.475 e. The largest absolute Gasteiger partial charge is 0.490 e. The van der Waals surface area contributed by atoms with Gasteiger partial charge in [-0.05, 0) is 45.9 Å². The van der Waals surface area contributed by atoms with Crippen molar-refractivity contribution in [1.82, 2.24) is 10.2 Å². The van der Waals surface area contributed by atoms with E-state index in [9.17, 15) is 13.2 Å². The van der Waals surface area contributed by atoms with Crippen LogP contribution in [0.4, 0.5) is 13.2 Å². The van der Waals surface area contributed by atoms with Crippen LogP contribution >= 0.6 is 0 Å². The van der Waals surface area contributed by atoms with Crippen molar-refractivity contribution in [3.63, 3.8) is 0 Å². The Labute approximate surface area is 98.8 Å². The standard InChI is InChI=1S/C8H18N2.C2HF3O2/c1-10(2)7-8-3-5-9-6-4-8;3-2(4,5)1(6)7/h8-9H,3-7H2,1-2H3;(H,6,7). The summed E-state index contributed by atoms with van der Waals surface area (Å²) in [6.45, 7) is 3.71. The molecule has 17 heavy (non-hydrogen) atoms. The molecule has 4 nitrogen and oxygen atoms in total. The molecule has 2 N–H and O–H groups in total. The lowest BCUT2D eigenvalue weighted by Gasteiger charge is -2.25. The van der Waals surface area contributed by atoms with Gasteiger partial charge in [-0.2, -0.15) is 13.2 Å². The molecule has 0 bridgehead atoms. The van der Waals surface area contributed by atoms with E-state index in [2.05, 4.69) is 24.3 Å². The third kappa shape index (κ3) is 8.93. The number of nitrogens with zero attached hydrogens (tertiary/aromatic N) is 1. The van der Waals surface area contributed by atoms with Gasteiger partial charge in [-0.1, -0.05) is 0 Å². The van der Waals surface area contributed by atoms with Gasteiger partial charge >= 0.3 is 12.1 Å². The summed E-state index contributed by atoms with van der Waals surface area (Å²) in [6, 6.07) is 0. The van der Waals surface area contributed by atoms with E-state index in [4.69, 9.17) is 9.90 Å². The van der Waals surface area contributed by atoms with Gasteiger partial charge in [-0.25, -0.2) is 4.79 Å². The first-order valence-corrected chi connectivity index (χ1v) is 5.39. The Balaban J connectivity index is 0.000000325. The molecule has 0 saturated carbocycles. The zero-order valence-electron chi connectivity index (χ0n) is 10.0. The van der Waals surface area contributed by atoms with Crippen molar-refractivity contribution < 1.29 is 23.1 Å². The molecule has 1 saturated heterocycles. The van der Waals surface area contributed by atoms with Crippen molar-refractivity contribution in [2.45, 2.75) is 19.0 Å². The van der Waals surface area contributed by atoms with Crippen LogP contribution < -0.4 is 5.32 Å². The lowest BCUT2D eigenvalue weighted by Crippen LogP contribution is -2.33. The molecule has 1 rings (SSSR count). The highest BCUT2D eigenvalue weighted by atomic mass is 19.4. The minimum atomic E-state index is -5.08. The summed E-state index contributed by atoms with van der Waals surface area (Å²) in [5, 5.41) is 10.5. The molecule has 1 heterocycles. The van der Waals surface area contributed by atoms with E-state index in [-0.39, 0.29) is 0 Å². The fourth-order valence-corrected chi connectivity index (χ4v) is 1.58. The van der Waals surface area contributed by atoms with E-state index in [0.29, 0.717) is 0 Å². The molecule has 0 radical (unpaired) electrons. The highest BCUT2D eigenvalue weighted by molar-refractivity contribution is 5.73. The van der Waals surface area contributed by atoms with Crippen LogP contribution in [0.5, 0.6) is 0 Å². The Hall–Kier alpha value is -0.820. The van der Waals surface area contributed by atoms with Crippen molar-refractivity contribution in [3.05, 3.63) is 0 Å². The van der Waals surface area contributed by atoms with Crippen molar-refractivity contribution in [2.75, 3.05) is 33.7 Å². The molecule has 0 spiro atoms. The molecule has 0 unspecified atom stereocenters. The van der Waals surface area contributed by atoms with Crippen LogP contribution in [0.2, 0.25) is 0 Å². The topological polar surface area (TPSA) is 52.6 Å². The van der Waals surface area contributed by atoms with Gasteiger partial charge in [0.25, 0.3) is 0 Å². The summed E-state index contributed by atoms with van der Waals surface area (Å²) < 4.78 is 31.7. The number of carbonyl (C=O) groups is 1. The maximum absolute atomic E-state index is 10.6. The molecule has 102 valence electrons. The molecule has 0 aromatic carbocycles. The van der Waals surface area contributed by atoms with Gasteiger partial charge in [-0.3, -0.25) is 0 Å². The second-order valence-corrected chi connectivity index (χ2v) is 4.26. The van der Waals surface area contributed by atoms with Gasteiger partial charge in [0.15, 0.2) is 0 Å². The van der Waals surface area contributed by atoms with Crippen LogP contribution in [0.15, 0.2) is 0 Å². The van der Waals surface area contributed by atoms with E-state index in [1.54, 1.807) is 0 Å². The van der Waals surface area contributed by atoms with Crippen molar-refractivity contribution in [2.24, 2.45) is 5.92 Å². The normalized spacial score (nSPS) is 17.5. The van der Waals surface area contributed by atoms with Crippen LogP contribution in [0.25, 0.3) is 0 Å². The molecule has 0 aliphatic carbocycles. The van der Waals surface area contributed by atoms with E-state index < -0.39 is 12.1 Å². The van der Waals surface area contributed by atoms with Gasteiger partial charge in [0.2, 0.25) is 0 Å². The fourth-order valence-electron chi connectivity index (χ4n) is 1.58. The summed E-state index contributed by atoms with van der Waals surface area (Å²) in [7, 11) is 4.31. The average molecular weight is 256 g/mol. The van der Waals surface area contributed by atoms with Gasteiger partial charge in [0, 0.05) is 6.54 Å². The number of piperidine rings is 1. The number of hydrogen-bond donors (Lipinski definition) is 2. The lowest BCUT2D eigenvalue weighted by molar-refractivity contribution is -0.192.